The number of hydrogen-bond acceptors (Lipinski definition) is 3. The number of para-hydroxylation sites is 1. The molecular formula is C14H15BrN2O2S. The maximum absolute atomic E-state index is 12.4. The number of sulfonamides is 1. The van der Waals surface area contributed by atoms with Crippen LogP contribution in [0.1, 0.15) is 5.56 Å². The molecule has 2 aromatic carbocycles. The van der Waals surface area contributed by atoms with Crippen LogP contribution in [0.3, 0.4) is 0 Å². The van der Waals surface area contributed by atoms with E-state index < -0.39 is 10.0 Å². The summed E-state index contributed by atoms with van der Waals surface area (Å²) in [6.07, 6.45) is 0. The lowest BCUT2D eigenvalue weighted by Gasteiger charge is -2.13. The summed E-state index contributed by atoms with van der Waals surface area (Å²) < 4.78 is 28.2. The Labute approximate surface area is 127 Å². The van der Waals surface area contributed by atoms with Gasteiger partial charge in [0.1, 0.15) is 4.90 Å². The van der Waals surface area contributed by atoms with Crippen molar-refractivity contribution in [3.8, 4) is 0 Å². The molecule has 0 aromatic heterocycles. The number of hydrogen-bond donors (Lipinski definition) is 2. The first-order chi connectivity index (χ1) is 9.44. The summed E-state index contributed by atoms with van der Waals surface area (Å²) in [4.78, 5) is 0.218. The second-order valence-electron chi connectivity index (χ2n) is 4.33. The molecule has 0 radical (unpaired) electrons. The average molecular weight is 355 g/mol. The van der Waals surface area contributed by atoms with E-state index in [1.165, 1.54) is 0 Å². The summed E-state index contributed by atoms with van der Waals surface area (Å²) >= 11 is 3.37. The Kier molecular flexibility index (Phi) is 4.35. The van der Waals surface area contributed by atoms with Gasteiger partial charge in [-0.05, 0) is 52.7 Å². The summed E-state index contributed by atoms with van der Waals surface area (Å²) in [5.74, 6) is 0. The number of benzene rings is 2. The molecule has 0 saturated heterocycles. The summed E-state index contributed by atoms with van der Waals surface area (Å²) in [5, 5.41) is 2.88. The summed E-state index contributed by atoms with van der Waals surface area (Å²) in [7, 11) is -1.94. The minimum Gasteiger partial charge on any atom is -0.387 e. The zero-order valence-corrected chi connectivity index (χ0v) is 13.5. The molecule has 0 atom stereocenters. The minimum atomic E-state index is -3.63. The predicted molar refractivity (Wildman–Crippen MR) is 85.7 cm³/mol. The zero-order valence-electron chi connectivity index (χ0n) is 11.1. The van der Waals surface area contributed by atoms with E-state index in [1.54, 1.807) is 37.4 Å². The minimum absolute atomic E-state index is 0.218. The summed E-state index contributed by atoms with van der Waals surface area (Å²) in [6, 6.07) is 12.2. The molecule has 0 aliphatic rings. The molecule has 2 N–H and O–H groups in total. The zero-order chi connectivity index (χ0) is 14.8. The van der Waals surface area contributed by atoms with Crippen LogP contribution < -0.4 is 10.0 Å². The van der Waals surface area contributed by atoms with Crippen molar-refractivity contribution in [1.82, 2.24) is 0 Å². The van der Waals surface area contributed by atoms with E-state index in [-0.39, 0.29) is 4.90 Å². The second kappa shape index (κ2) is 5.85. The summed E-state index contributed by atoms with van der Waals surface area (Å²) in [5.41, 5.74) is 2.13. The first kappa shape index (κ1) is 14.9. The molecule has 0 unspecified atom stereocenters. The first-order valence-electron chi connectivity index (χ1n) is 6.00. The smallest absolute Gasteiger partial charge is 0.263 e. The van der Waals surface area contributed by atoms with Gasteiger partial charge in [-0.1, -0.05) is 18.2 Å². The van der Waals surface area contributed by atoms with Crippen molar-refractivity contribution in [3.63, 3.8) is 0 Å². The quantitative estimate of drug-likeness (QED) is 0.881. The highest BCUT2D eigenvalue weighted by atomic mass is 79.9. The normalized spacial score (nSPS) is 11.2. The van der Waals surface area contributed by atoms with Crippen molar-refractivity contribution in [3.05, 3.63) is 52.5 Å². The number of nitrogens with one attached hydrogen (secondary N) is 2. The third-order valence-electron chi connectivity index (χ3n) is 2.81. The molecule has 4 nitrogen and oxygen atoms in total. The van der Waals surface area contributed by atoms with E-state index in [1.807, 2.05) is 19.1 Å². The Balaban J connectivity index is 2.41. The second-order valence-corrected chi connectivity index (χ2v) is 6.84. The molecule has 0 aliphatic heterocycles. The molecule has 0 aliphatic carbocycles. The van der Waals surface area contributed by atoms with Gasteiger partial charge in [0, 0.05) is 11.5 Å². The van der Waals surface area contributed by atoms with Crippen LogP contribution in [0.15, 0.2) is 51.8 Å². The van der Waals surface area contributed by atoms with Crippen molar-refractivity contribution in [1.29, 1.82) is 0 Å². The molecular weight excluding hydrogens is 340 g/mol. The van der Waals surface area contributed by atoms with Gasteiger partial charge in [-0.25, -0.2) is 8.42 Å². The van der Waals surface area contributed by atoms with Crippen LogP contribution in [-0.2, 0) is 10.0 Å². The van der Waals surface area contributed by atoms with E-state index in [2.05, 4.69) is 26.0 Å². The van der Waals surface area contributed by atoms with Crippen molar-refractivity contribution < 1.29 is 8.42 Å². The molecule has 0 spiro atoms. The molecule has 0 saturated carbocycles. The van der Waals surface area contributed by atoms with Crippen molar-refractivity contribution in [2.24, 2.45) is 0 Å². The van der Waals surface area contributed by atoms with Crippen molar-refractivity contribution in [2.75, 3.05) is 17.1 Å². The fourth-order valence-electron chi connectivity index (χ4n) is 1.81. The Hall–Kier alpha value is -1.53. The molecule has 0 heterocycles. The molecule has 2 aromatic rings. The van der Waals surface area contributed by atoms with Gasteiger partial charge in [-0.2, -0.15) is 0 Å². The Morgan fingerprint density at radius 3 is 2.40 bits per heavy atom. The standard InChI is InChI=1S/C14H15BrN2O2S/c1-10-7-8-12(11(15)9-10)17-20(18,19)14-6-4-3-5-13(14)16-2/h3-9,16-17H,1-2H3. The monoisotopic (exact) mass is 354 g/mol. The largest absolute Gasteiger partial charge is 0.387 e. The highest BCUT2D eigenvalue weighted by Gasteiger charge is 2.18. The summed E-state index contributed by atoms with van der Waals surface area (Å²) in [6.45, 7) is 1.94. The lowest BCUT2D eigenvalue weighted by atomic mass is 10.2. The van der Waals surface area contributed by atoms with Crippen LogP contribution in [0, 0.1) is 6.92 Å². The van der Waals surface area contributed by atoms with E-state index >= 15 is 0 Å². The molecule has 2 rings (SSSR count). The average Bonchev–Trinajstić information content (AvgIpc) is 2.42. The molecule has 6 heteroatoms. The third kappa shape index (κ3) is 3.13. The van der Waals surface area contributed by atoms with Crippen LogP contribution in [0.25, 0.3) is 0 Å². The van der Waals surface area contributed by atoms with Crippen LogP contribution in [0.4, 0.5) is 11.4 Å². The van der Waals surface area contributed by atoms with Gasteiger partial charge in [0.25, 0.3) is 10.0 Å². The fourth-order valence-corrected chi connectivity index (χ4v) is 3.83. The van der Waals surface area contributed by atoms with Crippen molar-refractivity contribution in [2.45, 2.75) is 11.8 Å². The van der Waals surface area contributed by atoms with Gasteiger partial charge in [0.2, 0.25) is 0 Å². The van der Waals surface area contributed by atoms with Crippen LogP contribution in [-0.4, -0.2) is 15.5 Å². The van der Waals surface area contributed by atoms with Crippen molar-refractivity contribution >= 4 is 37.3 Å². The first-order valence-corrected chi connectivity index (χ1v) is 8.27. The number of rotatable bonds is 4. The molecule has 106 valence electrons. The predicted octanol–water partition coefficient (Wildman–Crippen LogP) is 3.60. The van der Waals surface area contributed by atoms with E-state index in [0.717, 1.165) is 5.56 Å². The van der Waals surface area contributed by atoms with Gasteiger partial charge in [-0.15, -0.1) is 0 Å². The highest BCUT2D eigenvalue weighted by Crippen LogP contribution is 2.28. The lowest BCUT2D eigenvalue weighted by molar-refractivity contribution is 0.601. The SMILES string of the molecule is CNc1ccccc1S(=O)(=O)Nc1ccc(C)cc1Br. The molecule has 20 heavy (non-hydrogen) atoms. The fraction of sp³-hybridized carbons (Fsp3) is 0.143. The number of aryl methyl sites for hydroxylation is 1. The number of anilines is 2. The molecule has 0 amide bonds. The number of halogens is 1. The van der Waals surface area contributed by atoms with Gasteiger partial charge in [0.05, 0.1) is 11.4 Å². The molecule has 0 bridgehead atoms. The lowest BCUT2D eigenvalue weighted by Crippen LogP contribution is -2.15. The Morgan fingerprint density at radius 2 is 1.75 bits per heavy atom. The van der Waals surface area contributed by atoms with Crippen LogP contribution in [0.2, 0.25) is 0 Å². The topological polar surface area (TPSA) is 58.2 Å². The highest BCUT2D eigenvalue weighted by molar-refractivity contribution is 9.10. The maximum Gasteiger partial charge on any atom is 0.263 e. The van der Waals surface area contributed by atoms with Crippen LogP contribution >= 0.6 is 15.9 Å². The Morgan fingerprint density at radius 1 is 1.05 bits per heavy atom. The van der Waals surface area contributed by atoms with E-state index in [4.69, 9.17) is 0 Å². The van der Waals surface area contributed by atoms with E-state index in [0.29, 0.717) is 15.8 Å². The molecule has 0 fully saturated rings. The van der Waals surface area contributed by atoms with E-state index in [9.17, 15) is 8.42 Å². The van der Waals surface area contributed by atoms with Gasteiger partial charge < -0.3 is 5.32 Å². The Bertz CT molecular complexity index is 730. The van der Waals surface area contributed by atoms with Crippen LogP contribution in [0.5, 0.6) is 0 Å². The van der Waals surface area contributed by atoms with Gasteiger partial charge >= 0.3 is 0 Å². The van der Waals surface area contributed by atoms with Gasteiger partial charge in [0.15, 0.2) is 0 Å². The maximum atomic E-state index is 12.4. The van der Waals surface area contributed by atoms with Gasteiger partial charge in [-0.3, -0.25) is 4.72 Å². The third-order valence-corrected chi connectivity index (χ3v) is 4.89.